The lowest BCUT2D eigenvalue weighted by molar-refractivity contribution is 0.264. The minimum atomic E-state index is 0.432. The number of aryl methyl sites for hydroxylation is 2. The molecule has 0 saturated heterocycles. The van der Waals surface area contributed by atoms with Gasteiger partial charge in [0, 0.05) is 19.2 Å². The zero-order chi connectivity index (χ0) is 13.8. The van der Waals surface area contributed by atoms with Gasteiger partial charge < -0.3 is 14.5 Å². The van der Waals surface area contributed by atoms with Gasteiger partial charge in [-0.15, -0.1) is 0 Å². The van der Waals surface area contributed by atoms with Crippen molar-refractivity contribution in [2.24, 2.45) is 7.05 Å². The summed E-state index contributed by atoms with van der Waals surface area (Å²) in [5, 5.41) is 7.62. The molecule has 2 heterocycles. The second kappa shape index (κ2) is 5.93. The van der Waals surface area contributed by atoms with Crippen LogP contribution in [0.5, 0.6) is 5.75 Å². The molecule has 2 aromatic rings. The molecule has 0 spiro atoms. The van der Waals surface area contributed by atoms with Crippen LogP contribution in [0.25, 0.3) is 0 Å². The zero-order valence-electron chi connectivity index (χ0n) is 12.0. The van der Waals surface area contributed by atoms with Gasteiger partial charge in [-0.3, -0.25) is 4.68 Å². The van der Waals surface area contributed by atoms with Gasteiger partial charge in [0.25, 0.3) is 0 Å². The molecule has 0 amide bonds. The predicted octanol–water partition coefficient (Wildman–Crippen LogP) is 2.32. The molecule has 0 fully saturated rings. The third-order valence-electron chi connectivity index (χ3n) is 3.19. The van der Waals surface area contributed by atoms with Crippen molar-refractivity contribution in [2.45, 2.75) is 33.9 Å². The van der Waals surface area contributed by atoms with E-state index in [9.17, 15) is 0 Å². The Kier molecular flexibility index (Phi) is 4.27. The lowest BCUT2D eigenvalue weighted by Gasteiger charge is -2.07. The van der Waals surface area contributed by atoms with E-state index in [1.807, 2.05) is 31.6 Å². The van der Waals surface area contributed by atoms with E-state index in [0.717, 1.165) is 41.6 Å². The van der Waals surface area contributed by atoms with Crippen molar-refractivity contribution in [2.75, 3.05) is 6.54 Å². The minimum absolute atomic E-state index is 0.432. The van der Waals surface area contributed by atoms with Crippen LogP contribution in [-0.4, -0.2) is 16.3 Å². The molecule has 104 valence electrons. The standard InChI is InChI=1S/C14H21N3O2/c1-5-15-8-12-6-7-18-13(12)9-19-14-10(2)16-17(4)11(14)3/h6-7,15H,5,8-9H2,1-4H3. The van der Waals surface area contributed by atoms with Crippen molar-refractivity contribution in [3.8, 4) is 5.75 Å². The van der Waals surface area contributed by atoms with Crippen LogP contribution in [-0.2, 0) is 20.2 Å². The summed E-state index contributed by atoms with van der Waals surface area (Å²) in [6.45, 7) is 8.20. The number of nitrogens with zero attached hydrogens (tertiary/aromatic N) is 2. The van der Waals surface area contributed by atoms with Gasteiger partial charge in [0.2, 0.25) is 0 Å². The summed E-state index contributed by atoms with van der Waals surface area (Å²) in [5.41, 5.74) is 3.07. The first kappa shape index (κ1) is 13.7. The van der Waals surface area contributed by atoms with E-state index >= 15 is 0 Å². The molecule has 0 radical (unpaired) electrons. The van der Waals surface area contributed by atoms with Crippen LogP contribution in [0, 0.1) is 13.8 Å². The summed E-state index contributed by atoms with van der Waals surface area (Å²) in [6, 6.07) is 1.98. The van der Waals surface area contributed by atoms with E-state index in [0.29, 0.717) is 6.61 Å². The molecule has 0 atom stereocenters. The maximum atomic E-state index is 5.85. The summed E-state index contributed by atoms with van der Waals surface area (Å²) in [7, 11) is 1.92. The number of ether oxygens (including phenoxy) is 1. The first-order valence-corrected chi connectivity index (χ1v) is 6.52. The van der Waals surface area contributed by atoms with Gasteiger partial charge in [0.15, 0.2) is 5.75 Å². The molecule has 0 aliphatic carbocycles. The molecule has 0 bridgehead atoms. The van der Waals surface area contributed by atoms with Crippen molar-refractivity contribution in [3.63, 3.8) is 0 Å². The first-order chi connectivity index (χ1) is 9.13. The maximum Gasteiger partial charge on any atom is 0.163 e. The number of furan rings is 1. The Labute approximate surface area is 113 Å². The zero-order valence-corrected chi connectivity index (χ0v) is 12.0. The molecule has 0 saturated carbocycles. The number of hydrogen-bond acceptors (Lipinski definition) is 4. The van der Waals surface area contributed by atoms with Gasteiger partial charge >= 0.3 is 0 Å². The number of aromatic nitrogens is 2. The first-order valence-electron chi connectivity index (χ1n) is 6.52. The molecule has 5 heteroatoms. The Morgan fingerprint density at radius 3 is 2.84 bits per heavy atom. The van der Waals surface area contributed by atoms with E-state index in [4.69, 9.17) is 9.15 Å². The largest absolute Gasteiger partial charge is 0.482 e. The Morgan fingerprint density at radius 2 is 2.21 bits per heavy atom. The summed E-state index contributed by atoms with van der Waals surface area (Å²) >= 11 is 0. The topological polar surface area (TPSA) is 52.2 Å². The lowest BCUT2D eigenvalue weighted by Crippen LogP contribution is -2.12. The van der Waals surface area contributed by atoms with Gasteiger partial charge in [-0.2, -0.15) is 5.10 Å². The van der Waals surface area contributed by atoms with Gasteiger partial charge in [0.05, 0.1) is 12.0 Å². The second-order valence-electron chi connectivity index (χ2n) is 4.56. The highest BCUT2D eigenvalue weighted by Gasteiger charge is 2.13. The van der Waals surface area contributed by atoms with Gasteiger partial charge in [-0.05, 0) is 26.5 Å². The smallest absolute Gasteiger partial charge is 0.163 e. The summed E-state index contributed by atoms with van der Waals surface area (Å²) in [6.07, 6.45) is 1.70. The SMILES string of the molecule is CCNCc1ccoc1COc1c(C)nn(C)c1C. The van der Waals surface area contributed by atoms with Gasteiger partial charge in [-0.25, -0.2) is 0 Å². The maximum absolute atomic E-state index is 5.85. The molecular weight excluding hydrogens is 242 g/mol. The highest BCUT2D eigenvalue weighted by molar-refractivity contribution is 5.32. The molecule has 1 N–H and O–H groups in total. The van der Waals surface area contributed by atoms with Gasteiger partial charge in [-0.1, -0.05) is 6.92 Å². The van der Waals surface area contributed by atoms with Crippen LogP contribution in [0.1, 0.15) is 29.6 Å². The van der Waals surface area contributed by atoms with Crippen LogP contribution < -0.4 is 10.1 Å². The Balaban J connectivity index is 2.04. The minimum Gasteiger partial charge on any atom is -0.482 e. The molecule has 0 unspecified atom stereocenters. The highest BCUT2D eigenvalue weighted by Crippen LogP contribution is 2.23. The van der Waals surface area contributed by atoms with Crippen LogP contribution in [0.2, 0.25) is 0 Å². The number of hydrogen-bond donors (Lipinski definition) is 1. The van der Waals surface area contributed by atoms with E-state index in [1.54, 1.807) is 6.26 Å². The van der Waals surface area contributed by atoms with Crippen molar-refractivity contribution in [1.82, 2.24) is 15.1 Å². The number of rotatable bonds is 6. The average Bonchev–Trinajstić information content (AvgIpc) is 2.92. The van der Waals surface area contributed by atoms with E-state index in [-0.39, 0.29) is 0 Å². The lowest BCUT2D eigenvalue weighted by atomic mass is 10.2. The molecule has 0 aliphatic heterocycles. The average molecular weight is 263 g/mol. The van der Waals surface area contributed by atoms with Crippen molar-refractivity contribution in [3.05, 3.63) is 35.0 Å². The fourth-order valence-electron chi connectivity index (χ4n) is 2.01. The summed E-state index contributed by atoms with van der Waals surface area (Å²) in [5.74, 6) is 1.71. The molecule has 5 nitrogen and oxygen atoms in total. The highest BCUT2D eigenvalue weighted by atomic mass is 16.5. The molecule has 2 rings (SSSR count). The third-order valence-corrected chi connectivity index (χ3v) is 3.19. The van der Waals surface area contributed by atoms with Gasteiger partial charge in [0.1, 0.15) is 18.1 Å². The van der Waals surface area contributed by atoms with Crippen LogP contribution >= 0.6 is 0 Å². The molecule has 19 heavy (non-hydrogen) atoms. The van der Waals surface area contributed by atoms with E-state index in [1.165, 1.54) is 0 Å². The van der Waals surface area contributed by atoms with Crippen molar-refractivity contribution in [1.29, 1.82) is 0 Å². The van der Waals surface area contributed by atoms with Crippen molar-refractivity contribution >= 4 is 0 Å². The number of nitrogens with one attached hydrogen (secondary N) is 1. The van der Waals surface area contributed by atoms with E-state index < -0.39 is 0 Å². The Bertz CT molecular complexity index is 543. The van der Waals surface area contributed by atoms with Crippen molar-refractivity contribution < 1.29 is 9.15 Å². The fraction of sp³-hybridized carbons (Fsp3) is 0.500. The van der Waals surface area contributed by atoms with Crippen LogP contribution in [0.15, 0.2) is 16.7 Å². The fourth-order valence-corrected chi connectivity index (χ4v) is 2.01. The third kappa shape index (κ3) is 2.98. The molecule has 2 aromatic heterocycles. The normalized spacial score (nSPS) is 10.9. The Hall–Kier alpha value is -1.75. The quantitative estimate of drug-likeness (QED) is 0.869. The monoisotopic (exact) mass is 263 g/mol. The molecular formula is C14H21N3O2. The van der Waals surface area contributed by atoms with Crippen LogP contribution in [0.4, 0.5) is 0 Å². The summed E-state index contributed by atoms with van der Waals surface area (Å²) in [4.78, 5) is 0. The van der Waals surface area contributed by atoms with Crippen LogP contribution in [0.3, 0.4) is 0 Å². The molecule has 0 aliphatic rings. The van der Waals surface area contributed by atoms with E-state index in [2.05, 4.69) is 17.3 Å². The second-order valence-corrected chi connectivity index (χ2v) is 4.56. The Morgan fingerprint density at radius 1 is 1.42 bits per heavy atom. The molecule has 0 aromatic carbocycles. The summed E-state index contributed by atoms with van der Waals surface area (Å²) < 4.78 is 13.2. The predicted molar refractivity (Wildman–Crippen MR) is 73.1 cm³/mol.